The molecule has 6 nitrogen and oxygen atoms in total. The number of aliphatic hydroxyl groups excluding tert-OH is 1. The number of rotatable bonds is 9. The smallest absolute Gasteiger partial charge is 0.325 e. The van der Waals surface area contributed by atoms with Crippen LogP contribution in [-0.4, -0.2) is 57.3 Å². The van der Waals surface area contributed by atoms with Crippen molar-refractivity contribution >= 4 is 5.97 Å². The predicted octanol–water partition coefficient (Wildman–Crippen LogP) is -1.10. The molecular formula is C9H19NO5. The van der Waals surface area contributed by atoms with Gasteiger partial charge in [0, 0.05) is 20.3 Å². The summed E-state index contributed by atoms with van der Waals surface area (Å²) >= 11 is 0. The van der Waals surface area contributed by atoms with Gasteiger partial charge in [0.15, 0.2) is 0 Å². The first-order valence-corrected chi connectivity index (χ1v) is 4.82. The number of aliphatic hydroxyl groups is 1. The molecule has 0 bridgehead atoms. The van der Waals surface area contributed by atoms with Crippen molar-refractivity contribution in [3.05, 3.63) is 0 Å². The summed E-state index contributed by atoms with van der Waals surface area (Å²) in [4.78, 5) is 10.9. The molecule has 0 saturated carbocycles. The van der Waals surface area contributed by atoms with Crippen LogP contribution in [-0.2, 0) is 19.0 Å². The minimum Gasteiger partial charge on any atom is -0.462 e. The van der Waals surface area contributed by atoms with Crippen LogP contribution in [0.15, 0.2) is 0 Å². The number of carbonyl (C=O) groups is 1. The summed E-state index contributed by atoms with van der Waals surface area (Å²) in [6.45, 7) is 1.28. The summed E-state index contributed by atoms with van der Waals surface area (Å²) in [5.74, 6) is -0.613. The molecule has 0 aliphatic carbocycles. The number of hydrogen-bond donors (Lipinski definition) is 2. The Balaban J connectivity index is 3.20. The third-order valence-corrected chi connectivity index (χ3v) is 1.61. The van der Waals surface area contributed by atoms with Crippen molar-refractivity contribution < 1.29 is 24.1 Å². The van der Waals surface area contributed by atoms with Crippen LogP contribution in [0.1, 0.15) is 6.42 Å². The van der Waals surface area contributed by atoms with E-state index in [1.165, 1.54) is 0 Å². The summed E-state index contributed by atoms with van der Waals surface area (Å²) in [5.41, 5.74) is 5.22. The summed E-state index contributed by atoms with van der Waals surface area (Å²) in [7, 11) is 1.62. The molecule has 0 amide bonds. The third kappa shape index (κ3) is 8.31. The Hall–Kier alpha value is -0.690. The average molecular weight is 221 g/mol. The molecule has 3 N–H and O–H groups in total. The molecule has 0 fully saturated rings. The molecule has 0 aromatic carbocycles. The lowest BCUT2D eigenvalue weighted by Crippen LogP contribution is -2.36. The number of hydrogen-bond acceptors (Lipinski definition) is 6. The number of ether oxygens (including phenoxy) is 3. The highest BCUT2D eigenvalue weighted by molar-refractivity contribution is 5.75. The van der Waals surface area contributed by atoms with Gasteiger partial charge in [0.25, 0.3) is 0 Å². The van der Waals surface area contributed by atoms with Gasteiger partial charge in [0.1, 0.15) is 12.6 Å². The van der Waals surface area contributed by atoms with Crippen molar-refractivity contribution in [2.24, 2.45) is 5.73 Å². The number of carbonyl (C=O) groups excluding carboxylic acids is 1. The molecule has 15 heavy (non-hydrogen) atoms. The Morgan fingerprint density at radius 1 is 1.33 bits per heavy atom. The first-order chi connectivity index (χ1) is 7.22. The van der Waals surface area contributed by atoms with E-state index in [1.54, 1.807) is 7.11 Å². The van der Waals surface area contributed by atoms with Crippen LogP contribution in [0, 0.1) is 0 Å². The molecule has 1 atom stereocenters. The SMILES string of the molecule is COCCCOCCOC(=O)C(N)CO. The molecule has 0 radical (unpaired) electrons. The quantitative estimate of drug-likeness (QED) is 0.379. The zero-order chi connectivity index (χ0) is 11.5. The molecule has 0 aliphatic heterocycles. The maximum absolute atomic E-state index is 10.9. The Kier molecular flexibility index (Phi) is 9.40. The number of nitrogens with two attached hydrogens (primary N) is 1. The second kappa shape index (κ2) is 9.85. The first-order valence-electron chi connectivity index (χ1n) is 4.82. The standard InChI is InChI=1S/C9H19NO5/c1-13-3-2-4-14-5-6-15-9(12)8(10)7-11/h8,11H,2-7,10H2,1H3. The van der Waals surface area contributed by atoms with Gasteiger partial charge < -0.3 is 25.1 Å². The molecule has 90 valence electrons. The van der Waals surface area contributed by atoms with Crippen LogP contribution in [0.3, 0.4) is 0 Å². The topological polar surface area (TPSA) is 91.0 Å². The van der Waals surface area contributed by atoms with Crippen LogP contribution >= 0.6 is 0 Å². The lowest BCUT2D eigenvalue weighted by Gasteiger charge is -2.08. The minimum atomic E-state index is -0.960. The Morgan fingerprint density at radius 3 is 2.67 bits per heavy atom. The highest BCUT2D eigenvalue weighted by Gasteiger charge is 2.12. The van der Waals surface area contributed by atoms with E-state index in [4.69, 9.17) is 25.1 Å². The zero-order valence-corrected chi connectivity index (χ0v) is 8.98. The molecule has 6 heteroatoms. The first kappa shape index (κ1) is 14.3. The van der Waals surface area contributed by atoms with E-state index >= 15 is 0 Å². The van der Waals surface area contributed by atoms with Gasteiger partial charge in [0.05, 0.1) is 13.2 Å². The summed E-state index contributed by atoms with van der Waals surface area (Å²) in [6.07, 6.45) is 0.806. The van der Waals surface area contributed by atoms with Gasteiger partial charge in [-0.3, -0.25) is 4.79 Å². The van der Waals surface area contributed by atoms with Crippen molar-refractivity contribution in [2.75, 3.05) is 40.1 Å². The fourth-order valence-corrected chi connectivity index (χ4v) is 0.790. The van der Waals surface area contributed by atoms with Crippen LogP contribution in [0.2, 0.25) is 0 Å². The van der Waals surface area contributed by atoms with Gasteiger partial charge in [-0.1, -0.05) is 0 Å². The fraction of sp³-hybridized carbons (Fsp3) is 0.889. The van der Waals surface area contributed by atoms with Crippen LogP contribution in [0.25, 0.3) is 0 Å². The van der Waals surface area contributed by atoms with E-state index in [9.17, 15) is 4.79 Å². The highest BCUT2D eigenvalue weighted by Crippen LogP contribution is 1.87. The predicted molar refractivity (Wildman–Crippen MR) is 53.3 cm³/mol. The molecule has 0 saturated heterocycles. The third-order valence-electron chi connectivity index (χ3n) is 1.61. The maximum atomic E-state index is 10.9. The summed E-state index contributed by atoms with van der Waals surface area (Å²) < 4.78 is 14.7. The second-order valence-electron chi connectivity index (χ2n) is 2.92. The minimum absolute atomic E-state index is 0.152. The van der Waals surface area contributed by atoms with Crippen LogP contribution < -0.4 is 5.73 Å². The van der Waals surface area contributed by atoms with E-state index in [0.29, 0.717) is 19.8 Å². The molecule has 0 aliphatic rings. The zero-order valence-electron chi connectivity index (χ0n) is 8.98. The summed E-state index contributed by atoms with van der Waals surface area (Å²) in [6, 6.07) is -0.960. The average Bonchev–Trinajstić information content (AvgIpc) is 2.26. The largest absolute Gasteiger partial charge is 0.462 e. The Labute approximate surface area is 89.3 Å². The van der Waals surface area contributed by atoms with Crippen molar-refractivity contribution in [1.29, 1.82) is 0 Å². The monoisotopic (exact) mass is 221 g/mol. The molecule has 0 heterocycles. The molecular weight excluding hydrogens is 202 g/mol. The maximum Gasteiger partial charge on any atom is 0.325 e. The van der Waals surface area contributed by atoms with E-state index in [2.05, 4.69) is 0 Å². The van der Waals surface area contributed by atoms with Gasteiger partial charge in [-0.15, -0.1) is 0 Å². The summed E-state index contributed by atoms with van der Waals surface area (Å²) in [5, 5.41) is 8.53. The van der Waals surface area contributed by atoms with Crippen LogP contribution in [0.5, 0.6) is 0 Å². The van der Waals surface area contributed by atoms with Crippen molar-refractivity contribution in [2.45, 2.75) is 12.5 Å². The van der Waals surface area contributed by atoms with Crippen molar-refractivity contribution in [3.8, 4) is 0 Å². The molecule has 0 aromatic rings. The van der Waals surface area contributed by atoms with Gasteiger partial charge in [-0.2, -0.15) is 0 Å². The Morgan fingerprint density at radius 2 is 2.07 bits per heavy atom. The second-order valence-corrected chi connectivity index (χ2v) is 2.92. The molecule has 0 aromatic heterocycles. The number of methoxy groups -OCH3 is 1. The number of esters is 1. The highest BCUT2D eigenvalue weighted by atomic mass is 16.6. The van der Waals surface area contributed by atoms with E-state index < -0.39 is 18.6 Å². The molecule has 1 unspecified atom stereocenters. The van der Waals surface area contributed by atoms with E-state index in [0.717, 1.165) is 6.42 Å². The van der Waals surface area contributed by atoms with Gasteiger partial charge in [0.2, 0.25) is 0 Å². The Bertz CT molecular complexity index is 165. The molecule has 0 spiro atoms. The lowest BCUT2D eigenvalue weighted by atomic mass is 10.3. The van der Waals surface area contributed by atoms with Crippen molar-refractivity contribution in [1.82, 2.24) is 0 Å². The molecule has 0 rings (SSSR count). The van der Waals surface area contributed by atoms with E-state index in [-0.39, 0.29) is 6.61 Å². The van der Waals surface area contributed by atoms with E-state index in [1.807, 2.05) is 0 Å². The lowest BCUT2D eigenvalue weighted by molar-refractivity contribution is -0.147. The van der Waals surface area contributed by atoms with Crippen LogP contribution in [0.4, 0.5) is 0 Å². The van der Waals surface area contributed by atoms with Crippen molar-refractivity contribution in [3.63, 3.8) is 0 Å². The van der Waals surface area contributed by atoms with Gasteiger partial charge in [-0.25, -0.2) is 0 Å². The van der Waals surface area contributed by atoms with Gasteiger partial charge >= 0.3 is 5.97 Å². The van der Waals surface area contributed by atoms with Gasteiger partial charge in [-0.05, 0) is 6.42 Å². The normalized spacial score (nSPS) is 12.5. The fourth-order valence-electron chi connectivity index (χ4n) is 0.790.